The van der Waals surface area contributed by atoms with Gasteiger partial charge in [-0.25, -0.2) is 4.98 Å². The zero-order valence-electron chi connectivity index (χ0n) is 10.4. The minimum atomic E-state index is -4.58. The third-order valence-corrected chi connectivity index (χ3v) is 3.20. The van der Waals surface area contributed by atoms with Gasteiger partial charge in [0.25, 0.3) is 0 Å². The molecular weight excluding hydrogens is 328 g/mol. The van der Waals surface area contributed by atoms with Crippen LogP contribution in [0.25, 0.3) is 0 Å². The van der Waals surface area contributed by atoms with Crippen molar-refractivity contribution < 1.29 is 18.3 Å². The predicted octanol–water partition coefficient (Wildman–Crippen LogP) is 4.64. The number of alkyl halides is 3. The second-order valence-electron chi connectivity index (χ2n) is 4.13. The highest BCUT2D eigenvalue weighted by Crippen LogP contribution is 2.34. The molecular formula is C13H9Cl2F3N2O. The van der Waals surface area contributed by atoms with Crippen LogP contribution in [0.15, 0.2) is 30.5 Å². The number of aliphatic hydroxyl groups is 1. The quantitative estimate of drug-likeness (QED) is 0.857. The zero-order chi connectivity index (χ0) is 15.6. The van der Waals surface area contributed by atoms with Crippen LogP contribution in [0.3, 0.4) is 0 Å². The van der Waals surface area contributed by atoms with Crippen LogP contribution in [-0.2, 0) is 12.8 Å². The van der Waals surface area contributed by atoms with Gasteiger partial charge < -0.3 is 10.4 Å². The van der Waals surface area contributed by atoms with Gasteiger partial charge in [-0.1, -0.05) is 23.2 Å². The molecule has 0 atom stereocenters. The van der Waals surface area contributed by atoms with E-state index in [2.05, 4.69) is 10.3 Å². The van der Waals surface area contributed by atoms with Crippen LogP contribution in [-0.4, -0.2) is 10.1 Å². The molecule has 1 aromatic heterocycles. The van der Waals surface area contributed by atoms with Gasteiger partial charge >= 0.3 is 6.18 Å². The van der Waals surface area contributed by atoms with E-state index in [0.717, 1.165) is 12.3 Å². The Morgan fingerprint density at radius 3 is 2.48 bits per heavy atom. The smallest absolute Gasteiger partial charge is 0.392 e. The number of aliphatic hydroxyl groups excluding tert-OH is 1. The molecule has 0 fully saturated rings. The van der Waals surface area contributed by atoms with Gasteiger partial charge in [-0.2, -0.15) is 13.2 Å². The lowest BCUT2D eigenvalue weighted by Gasteiger charge is -2.14. The molecule has 0 saturated heterocycles. The molecule has 3 nitrogen and oxygen atoms in total. The van der Waals surface area contributed by atoms with E-state index in [1.165, 1.54) is 12.1 Å². The highest BCUT2D eigenvalue weighted by Gasteiger charge is 2.33. The number of hydrogen-bond acceptors (Lipinski definition) is 3. The summed E-state index contributed by atoms with van der Waals surface area (Å²) in [5.41, 5.74) is -0.874. The number of pyridine rings is 1. The first kappa shape index (κ1) is 15.9. The number of nitrogens with zero attached hydrogens (tertiary/aromatic N) is 1. The van der Waals surface area contributed by atoms with E-state index in [1.807, 2.05) is 0 Å². The first-order valence-corrected chi connectivity index (χ1v) is 6.46. The molecule has 0 unspecified atom stereocenters. The van der Waals surface area contributed by atoms with Gasteiger partial charge in [-0.15, -0.1) is 0 Å². The summed E-state index contributed by atoms with van der Waals surface area (Å²) < 4.78 is 38.6. The van der Waals surface area contributed by atoms with Crippen molar-refractivity contribution in [2.75, 3.05) is 5.32 Å². The Morgan fingerprint density at radius 1 is 1.19 bits per heavy atom. The number of anilines is 2. The number of aromatic nitrogens is 1. The lowest BCUT2D eigenvalue weighted by atomic mass is 10.1. The minimum Gasteiger partial charge on any atom is -0.392 e. The molecule has 0 aliphatic carbocycles. The maximum atomic E-state index is 12.9. The van der Waals surface area contributed by atoms with Crippen LogP contribution >= 0.6 is 23.2 Å². The average molecular weight is 337 g/mol. The molecule has 1 heterocycles. The fraction of sp³-hybridized carbons (Fsp3) is 0.154. The van der Waals surface area contributed by atoms with Crippen LogP contribution in [0.5, 0.6) is 0 Å². The van der Waals surface area contributed by atoms with Gasteiger partial charge in [-0.3, -0.25) is 0 Å². The Bertz CT molecular complexity index is 662. The highest BCUT2D eigenvalue weighted by atomic mass is 35.5. The summed E-state index contributed by atoms with van der Waals surface area (Å²) in [5.74, 6) is -0.0382. The third kappa shape index (κ3) is 3.78. The van der Waals surface area contributed by atoms with Gasteiger partial charge in [0.05, 0.1) is 22.9 Å². The Kier molecular flexibility index (Phi) is 4.61. The molecule has 2 N–H and O–H groups in total. The second kappa shape index (κ2) is 6.09. The predicted molar refractivity (Wildman–Crippen MR) is 74.9 cm³/mol. The summed E-state index contributed by atoms with van der Waals surface area (Å²) in [4.78, 5) is 3.82. The monoisotopic (exact) mass is 336 g/mol. The van der Waals surface area contributed by atoms with Crippen LogP contribution in [0.4, 0.5) is 24.7 Å². The average Bonchev–Trinajstić information content (AvgIpc) is 2.41. The van der Waals surface area contributed by atoms with Gasteiger partial charge in [0, 0.05) is 16.8 Å². The molecule has 0 spiro atoms. The molecule has 1 aromatic carbocycles. The molecule has 21 heavy (non-hydrogen) atoms. The molecule has 2 rings (SSSR count). The first-order valence-electron chi connectivity index (χ1n) is 5.70. The summed E-state index contributed by atoms with van der Waals surface area (Å²) >= 11 is 11.7. The van der Waals surface area contributed by atoms with Gasteiger partial charge in [-0.05, 0) is 24.3 Å². The number of hydrogen-bond donors (Lipinski definition) is 2. The van der Waals surface area contributed by atoms with E-state index in [4.69, 9.17) is 28.3 Å². The summed E-state index contributed by atoms with van der Waals surface area (Å²) in [6.07, 6.45) is -3.61. The van der Waals surface area contributed by atoms with E-state index in [-0.39, 0.29) is 16.4 Å². The Labute approximate surface area is 128 Å². The third-order valence-electron chi connectivity index (χ3n) is 2.66. The summed E-state index contributed by atoms with van der Waals surface area (Å²) in [6.45, 7) is -0.746. The van der Waals surface area contributed by atoms with Gasteiger partial charge in [0.1, 0.15) is 5.82 Å². The van der Waals surface area contributed by atoms with E-state index in [1.54, 1.807) is 6.07 Å². The van der Waals surface area contributed by atoms with E-state index in [9.17, 15) is 13.2 Å². The Balaban J connectivity index is 2.37. The largest absolute Gasteiger partial charge is 0.416 e. The topological polar surface area (TPSA) is 45.2 Å². The summed E-state index contributed by atoms with van der Waals surface area (Å²) in [7, 11) is 0. The normalized spacial score (nSPS) is 11.5. The van der Waals surface area contributed by atoms with E-state index < -0.39 is 18.3 Å². The van der Waals surface area contributed by atoms with Crippen molar-refractivity contribution in [2.45, 2.75) is 12.8 Å². The zero-order valence-corrected chi connectivity index (χ0v) is 11.9. The van der Waals surface area contributed by atoms with Gasteiger partial charge in [0.15, 0.2) is 0 Å². The van der Waals surface area contributed by atoms with Crippen molar-refractivity contribution >= 4 is 34.7 Å². The molecule has 0 bridgehead atoms. The van der Waals surface area contributed by atoms with E-state index in [0.29, 0.717) is 10.7 Å². The molecule has 0 radical (unpaired) electrons. The molecule has 0 amide bonds. The van der Waals surface area contributed by atoms with Crippen LogP contribution in [0.1, 0.15) is 11.1 Å². The standard InChI is InChI=1S/C13H9Cl2F3N2O/c14-8-1-2-11(10(15)3-8)20-12-4-9(13(16,17)18)7(6-21)5-19-12/h1-5,21H,6H2,(H,19,20). The number of benzene rings is 1. The molecule has 112 valence electrons. The van der Waals surface area contributed by atoms with Crippen molar-refractivity contribution in [3.63, 3.8) is 0 Å². The first-order chi connectivity index (χ1) is 9.81. The van der Waals surface area contributed by atoms with Crippen molar-refractivity contribution in [2.24, 2.45) is 0 Å². The van der Waals surface area contributed by atoms with Crippen molar-refractivity contribution in [3.05, 3.63) is 51.6 Å². The number of rotatable bonds is 3. The number of nitrogens with one attached hydrogen (secondary N) is 1. The van der Waals surface area contributed by atoms with Gasteiger partial charge in [0.2, 0.25) is 0 Å². The van der Waals surface area contributed by atoms with Crippen molar-refractivity contribution in [3.8, 4) is 0 Å². The van der Waals surface area contributed by atoms with Crippen molar-refractivity contribution in [1.82, 2.24) is 4.98 Å². The van der Waals surface area contributed by atoms with Crippen LogP contribution in [0, 0.1) is 0 Å². The second-order valence-corrected chi connectivity index (χ2v) is 4.98. The lowest BCUT2D eigenvalue weighted by Crippen LogP contribution is -2.11. The maximum absolute atomic E-state index is 12.9. The Hall–Kier alpha value is -1.50. The van der Waals surface area contributed by atoms with E-state index >= 15 is 0 Å². The molecule has 8 heteroatoms. The Morgan fingerprint density at radius 2 is 1.90 bits per heavy atom. The SMILES string of the molecule is OCc1cnc(Nc2ccc(Cl)cc2Cl)cc1C(F)(F)F. The minimum absolute atomic E-state index is 0.0382. The number of halogens is 5. The summed E-state index contributed by atoms with van der Waals surface area (Å²) in [6, 6.07) is 5.34. The lowest BCUT2D eigenvalue weighted by molar-refractivity contribution is -0.138. The molecule has 0 aliphatic heterocycles. The van der Waals surface area contributed by atoms with Crippen LogP contribution in [0.2, 0.25) is 10.0 Å². The highest BCUT2D eigenvalue weighted by molar-refractivity contribution is 6.36. The molecule has 0 saturated carbocycles. The fourth-order valence-corrected chi connectivity index (χ4v) is 2.13. The maximum Gasteiger partial charge on any atom is 0.416 e. The molecule has 0 aliphatic rings. The van der Waals surface area contributed by atoms with Crippen LogP contribution < -0.4 is 5.32 Å². The molecule has 2 aromatic rings. The fourth-order valence-electron chi connectivity index (χ4n) is 1.67. The van der Waals surface area contributed by atoms with Crippen molar-refractivity contribution in [1.29, 1.82) is 0 Å². The summed E-state index contributed by atoms with van der Waals surface area (Å²) in [5, 5.41) is 12.3.